The summed E-state index contributed by atoms with van der Waals surface area (Å²) in [5, 5.41) is 0. The van der Waals surface area contributed by atoms with Crippen LogP contribution in [0.4, 0.5) is 0 Å². The lowest BCUT2D eigenvalue weighted by molar-refractivity contribution is -0.143. The molecule has 0 saturated heterocycles. The van der Waals surface area contributed by atoms with E-state index in [0.29, 0.717) is 5.75 Å². The largest absolute Gasteiger partial charge is 0.496 e. The molecule has 0 N–H and O–H groups in total. The molecule has 0 aliphatic rings. The number of hydrogen-bond donors (Lipinski definition) is 0. The second kappa shape index (κ2) is 5.24. The predicted octanol–water partition coefficient (Wildman–Crippen LogP) is 3.94. The highest BCUT2D eigenvalue weighted by Crippen LogP contribution is 2.34. The third-order valence-corrected chi connectivity index (χ3v) is 2.80. The summed E-state index contributed by atoms with van der Waals surface area (Å²) < 4.78 is 10.8. The van der Waals surface area contributed by atoms with Crippen molar-refractivity contribution in [2.45, 2.75) is 47.0 Å². The molecule has 1 aromatic rings. The Labute approximate surface area is 115 Å². The van der Waals surface area contributed by atoms with Crippen LogP contribution in [0.15, 0.2) is 18.2 Å². The van der Waals surface area contributed by atoms with Crippen molar-refractivity contribution >= 4 is 5.97 Å². The van der Waals surface area contributed by atoms with E-state index in [1.165, 1.54) is 0 Å². The van der Waals surface area contributed by atoms with E-state index in [1.54, 1.807) is 13.2 Å². The molecule has 1 rings (SSSR count). The van der Waals surface area contributed by atoms with Crippen molar-refractivity contribution in [3.63, 3.8) is 0 Å². The van der Waals surface area contributed by atoms with Crippen molar-refractivity contribution in [1.82, 2.24) is 0 Å². The molecule has 0 fully saturated rings. The maximum Gasteiger partial charge on any atom is 0.316 e. The first-order valence-corrected chi connectivity index (χ1v) is 6.46. The molecule has 0 spiro atoms. The van der Waals surface area contributed by atoms with Gasteiger partial charge in [-0.1, -0.05) is 20.8 Å². The molecule has 3 heteroatoms. The molecule has 1 aromatic carbocycles. The van der Waals surface area contributed by atoms with Crippen LogP contribution in [0.25, 0.3) is 0 Å². The van der Waals surface area contributed by atoms with Crippen molar-refractivity contribution in [1.29, 1.82) is 0 Å². The molecular weight excluding hydrogens is 240 g/mol. The Morgan fingerprint density at radius 1 is 1.05 bits per heavy atom. The summed E-state index contributed by atoms with van der Waals surface area (Å²) in [4.78, 5) is 11.9. The van der Waals surface area contributed by atoms with Crippen LogP contribution < -0.4 is 9.47 Å². The Morgan fingerprint density at radius 3 is 2.05 bits per heavy atom. The van der Waals surface area contributed by atoms with Gasteiger partial charge in [0.2, 0.25) is 0 Å². The van der Waals surface area contributed by atoms with Gasteiger partial charge in [-0.2, -0.15) is 0 Å². The number of methoxy groups -OCH3 is 1. The highest BCUT2D eigenvalue weighted by molar-refractivity contribution is 5.78. The van der Waals surface area contributed by atoms with E-state index >= 15 is 0 Å². The zero-order valence-corrected chi connectivity index (χ0v) is 13.0. The summed E-state index contributed by atoms with van der Waals surface area (Å²) in [7, 11) is 1.64. The van der Waals surface area contributed by atoms with Gasteiger partial charge in [0.05, 0.1) is 12.5 Å². The zero-order valence-electron chi connectivity index (χ0n) is 13.0. The first-order chi connectivity index (χ1) is 8.55. The SMILES string of the molecule is COc1ccc(OC(=O)C(C)(C)C)cc1C(C)(C)C. The standard InChI is InChI=1S/C16H24O3/c1-15(2,3)12-10-11(8-9-13(12)18-7)19-14(17)16(4,5)6/h8-10H,1-7H3. The molecule has 19 heavy (non-hydrogen) atoms. The van der Waals surface area contributed by atoms with E-state index in [2.05, 4.69) is 20.8 Å². The second-order valence-corrected chi connectivity index (χ2v) is 6.75. The number of ether oxygens (including phenoxy) is 2. The van der Waals surface area contributed by atoms with E-state index in [9.17, 15) is 4.79 Å². The Balaban J connectivity index is 3.10. The average molecular weight is 264 g/mol. The molecule has 0 bridgehead atoms. The average Bonchev–Trinajstić information content (AvgIpc) is 2.26. The van der Waals surface area contributed by atoms with Crippen molar-refractivity contribution < 1.29 is 14.3 Å². The minimum atomic E-state index is -0.512. The first-order valence-electron chi connectivity index (χ1n) is 6.46. The number of carbonyl (C=O) groups is 1. The zero-order chi connectivity index (χ0) is 14.8. The van der Waals surface area contributed by atoms with Crippen molar-refractivity contribution in [2.75, 3.05) is 7.11 Å². The number of benzene rings is 1. The lowest BCUT2D eigenvalue weighted by Gasteiger charge is -2.23. The maximum atomic E-state index is 11.9. The minimum Gasteiger partial charge on any atom is -0.496 e. The Morgan fingerprint density at radius 2 is 1.63 bits per heavy atom. The third kappa shape index (κ3) is 3.98. The van der Waals surface area contributed by atoms with E-state index in [1.807, 2.05) is 32.9 Å². The smallest absolute Gasteiger partial charge is 0.316 e. The summed E-state index contributed by atoms with van der Waals surface area (Å²) >= 11 is 0. The highest BCUT2D eigenvalue weighted by atomic mass is 16.5. The van der Waals surface area contributed by atoms with Crippen LogP contribution in [0.5, 0.6) is 11.5 Å². The lowest BCUT2D eigenvalue weighted by atomic mass is 9.86. The van der Waals surface area contributed by atoms with Gasteiger partial charge >= 0.3 is 5.97 Å². The number of hydrogen-bond acceptors (Lipinski definition) is 3. The second-order valence-electron chi connectivity index (χ2n) is 6.75. The highest BCUT2D eigenvalue weighted by Gasteiger charge is 2.25. The predicted molar refractivity (Wildman–Crippen MR) is 76.8 cm³/mol. The number of rotatable bonds is 2. The lowest BCUT2D eigenvalue weighted by Crippen LogP contribution is -2.25. The summed E-state index contributed by atoms with van der Waals surface area (Å²) in [6, 6.07) is 5.48. The van der Waals surface area contributed by atoms with Gasteiger partial charge < -0.3 is 9.47 Å². The fourth-order valence-electron chi connectivity index (χ4n) is 1.60. The Hall–Kier alpha value is -1.51. The fourth-order valence-corrected chi connectivity index (χ4v) is 1.60. The van der Waals surface area contributed by atoms with Crippen LogP contribution >= 0.6 is 0 Å². The molecule has 0 aromatic heterocycles. The van der Waals surface area contributed by atoms with Crippen molar-refractivity contribution in [2.24, 2.45) is 5.41 Å². The van der Waals surface area contributed by atoms with Crippen LogP contribution in [0.1, 0.15) is 47.1 Å². The van der Waals surface area contributed by atoms with Gasteiger partial charge in [-0.25, -0.2) is 0 Å². The fraction of sp³-hybridized carbons (Fsp3) is 0.562. The quantitative estimate of drug-likeness (QED) is 0.599. The van der Waals surface area contributed by atoms with Gasteiger partial charge in [0.25, 0.3) is 0 Å². The normalized spacial score (nSPS) is 12.2. The molecule has 0 aliphatic carbocycles. The molecule has 3 nitrogen and oxygen atoms in total. The molecule has 0 aliphatic heterocycles. The van der Waals surface area contributed by atoms with E-state index in [0.717, 1.165) is 11.3 Å². The van der Waals surface area contributed by atoms with Crippen molar-refractivity contribution in [3.05, 3.63) is 23.8 Å². The van der Waals surface area contributed by atoms with Crippen LogP contribution in [-0.2, 0) is 10.2 Å². The maximum absolute atomic E-state index is 11.9. The van der Waals surface area contributed by atoms with Gasteiger partial charge in [-0.05, 0) is 44.4 Å². The molecule has 106 valence electrons. The van der Waals surface area contributed by atoms with Crippen LogP contribution in [0.3, 0.4) is 0 Å². The topological polar surface area (TPSA) is 35.5 Å². The van der Waals surface area contributed by atoms with Crippen LogP contribution in [0, 0.1) is 5.41 Å². The first kappa shape index (κ1) is 15.5. The molecule has 0 unspecified atom stereocenters. The monoisotopic (exact) mass is 264 g/mol. The summed E-state index contributed by atoms with van der Waals surface area (Å²) in [6.07, 6.45) is 0. The molecule has 0 saturated carbocycles. The van der Waals surface area contributed by atoms with Gasteiger partial charge in [0, 0.05) is 5.56 Å². The Bertz CT molecular complexity index is 462. The van der Waals surface area contributed by atoms with Crippen LogP contribution in [0.2, 0.25) is 0 Å². The molecule has 0 radical (unpaired) electrons. The van der Waals surface area contributed by atoms with Gasteiger partial charge in [-0.3, -0.25) is 4.79 Å². The van der Waals surface area contributed by atoms with E-state index in [4.69, 9.17) is 9.47 Å². The number of carbonyl (C=O) groups excluding carboxylic acids is 1. The molecule has 0 heterocycles. The molecular formula is C16H24O3. The third-order valence-electron chi connectivity index (χ3n) is 2.80. The summed E-state index contributed by atoms with van der Waals surface area (Å²) in [5.74, 6) is 1.13. The Kier molecular flexibility index (Phi) is 4.28. The summed E-state index contributed by atoms with van der Waals surface area (Å²) in [5.41, 5.74) is 0.436. The minimum absolute atomic E-state index is 0.0739. The summed E-state index contributed by atoms with van der Waals surface area (Å²) in [6.45, 7) is 11.8. The van der Waals surface area contributed by atoms with E-state index in [-0.39, 0.29) is 11.4 Å². The van der Waals surface area contributed by atoms with Crippen molar-refractivity contribution in [3.8, 4) is 11.5 Å². The van der Waals surface area contributed by atoms with Gasteiger partial charge in [0.1, 0.15) is 11.5 Å². The van der Waals surface area contributed by atoms with E-state index < -0.39 is 5.41 Å². The molecule has 0 atom stereocenters. The van der Waals surface area contributed by atoms with Gasteiger partial charge in [0.15, 0.2) is 0 Å². The van der Waals surface area contributed by atoms with Gasteiger partial charge in [-0.15, -0.1) is 0 Å². The molecule has 0 amide bonds. The van der Waals surface area contributed by atoms with Crippen LogP contribution in [-0.4, -0.2) is 13.1 Å². The number of esters is 1.